The molecule has 0 amide bonds. The number of benzene rings is 1. The van der Waals surface area contributed by atoms with Gasteiger partial charge in [0.1, 0.15) is 11.3 Å². The molecule has 0 saturated carbocycles. The van der Waals surface area contributed by atoms with E-state index in [9.17, 15) is 0 Å². The van der Waals surface area contributed by atoms with Crippen LogP contribution in [0.25, 0.3) is 17.2 Å². The maximum absolute atomic E-state index is 4.88. The molecule has 7 heteroatoms. The number of halogens is 2. The number of aromatic nitrogens is 3. The Kier molecular flexibility index (Phi) is 11.9. The average Bonchev–Trinajstić information content (AvgIpc) is 3.18. The second-order valence-corrected chi connectivity index (χ2v) is 9.84. The molecule has 1 aromatic carbocycles. The van der Waals surface area contributed by atoms with Crippen molar-refractivity contribution in [2.24, 2.45) is 0 Å². The molecule has 1 unspecified atom stereocenters. The molecule has 2 aromatic heterocycles. The van der Waals surface area contributed by atoms with Crippen LogP contribution < -0.4 is 0 Å². The molecule has 198 valence electrons. The predicted molar refractivity (Wildman–Crippen MR) is 158 cm³/mol. The lowest BCUT2D eigenvalue weighted by molar-refractivity contribution is 0.106. The van der Waals surface area contributed by atoms with Crippen LogP contribution in [0.3, 0.4) is 0 Å². The highest BCUT2D eigenvalue weighted by Gasteiger charge is 2.19. The minimum absolute atomic E-state index is 0. The Morgan fingerprint density at radius 2 is 1.67 bits per heavy atom. The van der Waals surface area contributed by atoms with Crippen molar-refractivity contribution < 1.29 is 0 Å². The van der Waals surface area contributed by atoms with Gasteiger partial charge in [0, 0.05) is 50.9 Å². The Morgan fingerprint density at radius 3 is 2.31 bits per heavy atom. The lowest BCUT2D eigenvalue weighted by Crippen LogP contribution is -2.49. The van der Waals surface area contributed by atoms with Gasteiger partial charge < -0.3 is 4.57 Å². The number of pyridine rings is 1. The fourth-order valence-corrected chi connectivity index (χ4v) is 5.13. The molecule has 1 aliphatic heterocycles. The van der Waals surface area contributed by atoms with Gasteiger partial charge in [-0.2, -0.15) is 0 Å². The number of hydrogen-bond acceptors (Lipinski definition) is 4. The molecule has 1 fully saturated rings. The van der Waals surface area contributed by atoms with Gasteiger partial charge in [0.15, 0.2) is 5.65 Å². The Balaban J connectivity index is 0.00000228. The van der Waals surface area contributed by atoms with Crippen molar-refractivity contribution in [3.63, 3.8) is 0 Å². The van der Waals surface area contributed by atoms with Crippen LogP contribution in [0.1, 0.15) is 61.8 Å². The van der Waals surface area contributed by atoms with E-state index in [0.29, 0.717) is 0 Å². The fraction of sp³-hybridized carbons (Fsp3) is 0.517. The van der Waals surface area contributed by atoms with Crippen LogP contribution in [0.15, 0.2) is 36.4 Å². The third-order valence-corrected chi connectivity index (χ3v) is 7.15. The topological polar surface area (TPSA) is 37.2 Å². The summed E-state index contributed by atoms with van der Waals surface area (Å²) in [6.45, 7) is 17.6. The molecule has 5 nitrogen and oxygen atoms in total. The van der Waals surface area contributed by atoms with Crippen molar-refractivity contribution in [1.82, 2.24) is 24.3 Å². The summed E-state index contributed by atoms with van der Waals surface area (Å²) in [5.74, 6) is 1.10. The summed E-state index contributed by atoms with van der Waals surface area (Å²) in [5.41, 5.74) is 6.82. The lowest BCUT2D eigenvalue weighted by Gasteiger charge is -2.37. The van der Waals surface area contributed by atoms with E-state index in [0.717, 1.165) is 48.2 Å². The molecule has 0 aliphatic carbocycles. The molecule has 0 spiro atoms. The lowest BCUT2D eigenvalue weighted by atomic mass is 10.1. The maximum Gasteiger partial charge on any atom is 0.160 e. The van der Waals surface area contributed by atoms with E-state index in [2.05, 4.69) is 91.5 Å². The Bertz CT molecular complexity index is 1110. The van der Waals surface area contributed by atoms with Gasteiger partial charge in [-0.25, -0.2) is 9.97 Å². The van der Waals surface area contributed by atoms with E-state index in [-0.39, 0.29) is 24.8 Å². The molecule has 0 radical (unpaired) electrons. The van der Waals surface area contributed by atoms with Crippen LogP contribution in [-0.4, -0.2) is 63.1 Å². The number of hydrogen-bond donors (Lipinski definition) is 0. The molecule has 1 aliphatic rings. The first-order valence-corrected chi connectivity index (χ1v) is 13.0. The third-order valence-electron chi connectivity index (χ3n) is 7.15. The Morgan fingerprint density at radius 1 is 0.972 bits per heavy atom. The van der Waals surface area contributed by atoms with Crippen LogP contribution in [0.5, 0.6) is 0 Å². The van der Waals surface area contributed by atoms with Gasteiger partial charge >= 0.3 is 0 Å². The summed E-state index contributed by atoms with van der Waals surface area (Å²) < 4.78 is 2.28. The quantitative estimate of drug-likeness (QED) is 0.323. The number of nitrogens with zero attached hydrogens (tertiary/aromatic N) is 5. The molecular formula is C29H43Cl2N5. The van der Waals surface area contributed by atoms with Gasteiger partial charge in [-0.1, -0.05) is 56.7 Å². The van der Waals surface area contributed by atoms with Crippen LogP contribution >= 0.6 is 24.8 Å². The summed E-state index contributed by atoms with van der Waals surface area (Å²) in [6.07, 6.45) is 8.06. The highest BCUT2D eigenvalue weighted by atomic mass is 35.5. The first-order chi connectivity index (χ1) is 16.5. The second-order valence-electron chi connectivity index (χ2n) is 9.84. The minimum Gasteiger partial charge on any atom is -0.308 e. The first-order valence-electron chi connectivity index (χ1n) is 13.0. The summed E-state index contributed by atoms with van der Waals surface area (Å²) >= 11 is 0. The number of imidazole rings is 1. The van der Waals surface area contributed by atoms with Crippen LogP contribution in [0, 0.1) is 13.8 Å². The number of rotatable bonds is 9. The van der Waals surface area contributed by atoms with Crippen molar-refractivity contribution in [2.75, 3.05) is 32.7 Å². The highest BCUT2D eigenvalue weighted by Crippen LogP contribution is 2.21. The van der Waals surface area contributed by atoms with E-state index in [4.69, 9.17) is 9.97 Å². The molecule has 0 N–H and O–H groups in total. The number of fused-ring (bicyclic) bond motifs is 1. The van der Waals surface area contributed by atoms with Crippen molar-refractivity contribution in [2.45, 2.75) is 66.5 Å². The SMILES string of the molecule is CCCC(C)N1CCN(C/C=C/c2ccc(Cn3c(CC)nc4c(C)cc(C)nc43)cc2)CC1.Cl.Cl. The summed E-state index contributed by atoms with van der Waals surface area (Å²) in [5, 5.41) is 0. The van der Waals surface area contributed by atoms with Gasteiger partial charge in [0.25, 0.3) is 0 Å². The zero-order valence-electron chi connectivity index (χ0n) is 22.5. The van der Waals surface area contributed by atoms with Gasteiger partial charge in [-0.3, -0.25) is 9.80 Å². The molecule has 3 aromatic rings. The van der Waals surface area contributed by atoms with Crippen molar-refractivity contribution in [3.05, 3.63) is 64.6 Å². The van der Waals surface area contributed by atoms with Crippen LogP contribution in [-0.2, 0) is 13.0 Å². The molecule has 4 rings (SSSR count). The van der Waals surface area contributed by atoms with Gasteiger partial charge in [-0.15, -0.1) is 24.8 Å². The van der Waals surface area contributed by atoms with Crippen LogP contribution in [0.4, 0.5) is 0 Å². The minimum atomic E-state index is 0. The summed E-state index contributed by atoms with van der Waals surface area (Å²) in [6, 6.07) is 11.8. The van der Waals surface area contributed by atoms with E-state index in [1.807, 2.05) is 0 Å². The third kappa shape index (κ3) is 7.32. The molecule has 1 atom stereocenters. The molecule has 36 heavy (non-hydrogen) atoms. The Labute approximate surface area is 229 Å². The summed E-state index contributed by atoms with van der Waals surface area (Å²) in [7, 11) is 0. The van der Waals surface area contributed by atoms with Gasteiger partial charge in [-0.05, 0) is 49.9 Å². The number of piperazine rings is 1. The van der Waals surface area contributed by atoms with E-state index >= 15 is 0 Å². The van der Waals surface area contributed by atoms with E-state index < -0.39 is 0 Å². The zero-order valence-corrected chi connectivity index (χ0v) is 24.2. The first kappa shape index (κ1) is 30.3. The number of aryl methyl sites for hydroxylation is 3. The van der Waals surface area contributed by atoms with Crippen molar-refractivity contribution in [3.8, 4) is 0 Å². The largest absolute Gasteiger partial charge is 0.308 e. The molecule has 3 heterocycles. The highest BCUT2D eigenvalue weighted by molar-refractivity contribution is 5.85. The van der Waals surface area contributed by atoms with E-state index in [1.54, 1.807) is 0 Å². The molecule has 0 bridgehead atoms. The zero-order chi connectivity index (χ0) is 24.1. The second kappa shape index (κ2) is 14.1. The normalized spacial score (nSPS) is 15.7. The van der Waals surface area contributed by atoms with Crippen molar-refractivity contribution >= 4 is 42.1 Å². The molecular weight excluding hydrogens is 489 g/mol. The Hall–Kier alpha value is -1.92. The average molecular weight is 533 g/mol. The fourth-order valence-electron chi connectivity index (χ4n) is 5.13. The standard InChI is InChI=1S/C29H41N5.2ClH/c1-6-9-24(5)33-18-16-32(17-19-33)15-8-10-25-11-13-26(14-12-25)21-34-27(7-2)31-28-22(3)20-23(4)30-29(28)34;;/h8,10-14,20,24H,6-7,9,15-19,21H2,1-5H3;2*1H/b10-8+;;. The molecule has 1 saturated heterocycles. The maximum atomic E-state index is 4.88. The smallest absolute Gasteiger partial charge is 0.160 e. The monoisotopic (exact) mass is 531 g/mol. The van der Waals surface area contributed by atoms with Gasteiger partial charge in [0.2, 0.25) is 0 Å². The summed E-state index contributed by atoms with van der Waals surface area (Å²) in [4.78, 5) is 14.9. The predicted octanol–water partition coefficient (Wildman–Crippen LogP) is 6.32. The van der Waals surface area contributed by atoms with Crippen LogP contribution in [0.2, 0.25) is 0 Å². The van der Waals surface area contributed by atoms with Crippen molar-refractivity contribution in [1.29, 1.82) is 0 Å². The van der Waals surface area contributed by atoms with E-state index in [1.165, 1.54) is 55.7 Å². The van der Waals surface area contributed by atoms with Gasteiger partial charge in [0.05, 0.1) is 6.54 Å².